The third-order valence-electron chi connectivity index (χ3n) is 5.06. The molecule has 0 radical (unpaired) electrons. The number of likely N-dealkylation sites (tertiary alicyclic amines) is 1. The minimum Gasteiger partial charge on any atom is -0.399 e. The third-order valence-corrected chi connectivity index (χ3v) is 6.43. The first-order valence-corrected chi connectivity index (χ1v) is 9.81. The van der Waals surface area contributed by atoms with E-state index in [1.54, 1.807) is 29.1 Å². The molecular weight excluding hydrogens is 361 g/mol. The number of amides is 1. The van der Waals surface area contributed by atoms with Crippen molar-refractivity contribution in [1.29, 1.82) is 0 Å². The lowest BCUT2D eigenvalue weighted by Gasteiger charge is -2.32. The van der Waals surface area contributed by atoms with Crippen molar-refractivity contribution >= 4 is 41.9 Å². The Morgan fingerprint density at radius 2 is 1.92 bits per heavy atom. The van der Waals surface area contributed by atoms with Crippen LogP contribution in [0.5, 0.6) is 0 Å². The summed E-state index contributed by atoms with van der Waals surface area (Å²) < 4.78 is 12.0. The standard InChI is InChI=1S/C16H23BClN3O3S/c1-15(2)16(3,4)24-17(23-15)11-8-19-14(20-9-11)25-12-5-6-21(10-12)13(22)7-18/h8-9,12H,5-7,10H2,1-4H3/t12-/m0/s1. The topological polar surface area (TPSA) is 64.5 Å². The summed E-state index contributed by atoms with van der Waals surface area (Å²) in [4.78, 5) is 22.3. The van der Waals surface area contributed by atoms with Crippen LogP contribution in [0.4, 0.5) is 0 Å². The molecule has 0 aliphatic carbocycles. The predicted molar refractivity (Wildman–Crippen MR) is 99.3 cm³/mol. The zero-order chi connectivity index (χ0) is 18.2. The first-order chi connectivity index (χ1) is 11.7. The summed E-state index contributed by atoms with van der Waals surface area (Å²) in [6, 6.07) is 0. The van der Waals surface area contributed by atoms with E-state index in [9.17, 15) is 4.79 Å². The van der Waals surface area contributed by atoms with Crippen LogP contribution >= 0.6 is 23.4 Å². The van der Waals surface area contributed by atoms with Crippen molar-refractivity contribution in [1.82, 2.24) is 14.9 Å². The van der Waals surface area contributed by atoms with E-state index in [-0.39, 0.29) is 23.0 Å². The lowest BCUT2D eigenvalue weighted by Crippen LogP contribution is -2.41. The largest absolute Gasteiger partial charge is 0.498 e. The number of halogens is 1. The van der Waals surface area contributed by atoms with Crippen LogP contribution in [-0.2, 0) is 14.1 Å². The fourth-order valence-electron chi connectivity index (χ4n) is 2.77. The van der Waals surface area contributed by atoms with Gasteiger partial charge in [0.05, 0.1) is 11.2 Å². The molecule has 3 heterocycles. The van der Waals surface area contributed by atoms with Crippen LogP contribution in [0.2, 0.25) is 0 Å². The van der Waals surface area contributed by atoms with Crippen LogP contribution in [0.1, 0.15) is 34.1 Å². The Hall–Kier alpha value is -0.825. The number of thioether (sulfide) groups is 1. The smallest absolute Gasteiger partial charge is 0.399 e. The van der Waals surface area contributed by atoms with Gasteiger partial charge in [-0.3, -0.25) is 4.79 Å². The van der Waals surface area contributed by atoms with E-state index in [1.165, 1.54) is 0 Å². The number of rotatable bonds is 4. The Morgan fingerprint density at radius 1 is 1.32 bits per heavy atom. The first kappa shape index (κ1) is 19.0. The molecule has 2 aliphatic rings. The van der Waals surface area contributed by atoms with Crippen LogP contribution in [0, 0.1) is 0 Å². The van der Waals surface area contributed by atoms with Gasteiger partial charge in [-0.15, -0.1) is 11.6 Å². The molecule has 0 N–H and O–H groups in total. The van der Waals surface area contributed by atoms with Crippen molar-refractivity contribution in [3.63, 3.8) is 0 Å². The summed E-state index contributed by atoms with van der Waals surface area (Å²) >= 11 is 7.21. The number of hydrogen-bond donors (Lipinski definition) is 0. The zero-order valence-corrected chi connectivity index (χ0v) is 16.6. The number of carbonyl (C=O) groups is 1. The number of alkyl halides is 1. The molecule has 136 valence electrons. The summed E-state index contributed by atoms with van der Waals surface area (Å²) in [6.07, 6.45) is 4.44. The van der Waals surface area contributed by atoms with Gasteiger partial charge in [-0.25, -0.2) is 9.97 Å². The minimum atomic E-state index is -0.452. The van der Waals surface area contributed by atoms with Gasteiger partial charge in [0.2, 0.25) is 5.91 Å². The molecule has 6 nitrogen and oxygen atoms in total. The van der Waals surface area contributed by atoms with E-state index in [0.717, 1.165) is 18.4 Å². The maximum Gasteiger partial charge on any atom is 0.498 e. The minimum absolute atomic E-state index is 0.0122. The van der Waals surface area contributed by atoms with Crippen molar-refractivity contribution in [2.45, 2.75) is 55.7 Å². The molecule has 0 saturated carbocycles. The Bertz CT molecular complexity index is 628. The van der Waals surface area contributed by atoms with Gasteiger partial charge in [0.1, 0.15) is 5.88 Å². The van der Waals surface area contributed by atoms with Crippen molar-refractivity contribution in [3.05, 3.63) is 12.4 Å². The molecule has 2 saturated heterocycles. The van der Waals surface area contributed by atoms with E-state index in [2.05, 4.69) is 9.97 Å². The molecule has 25 heavy (non-hydrogen) atoms. The molecule has 2 aliphatic heterocycles. The number of hydrogen-bond acceptors (Lipinski definition) is 6. The van der Waals surface area contributed by atoms with Gasteiger partial charge in [-0.2, -0.15) is 0 Å². The molecule has 1 atom stereocenters. The Labute approximate surface area is 158 Å². The fraction of sp³-hybridized carbons (Fsp3) is 0.688. The van der Waals surface area contributed by atoms with E-state index >= 15 is 0 Å². The zero-order valence-electron chi connectivity index (χ0n) is 15.0. The lowest BCUT2D eigenvalue weighted by molar-refractivity contribution is -0.127. The van der Waals surface area contributed by atoms with Crippen LogP contribution in [0.15, 0.2) is 17.6 Å². The third kappa shape index (κ3) is 3.97. The van der Waals surface area contributed by atoms with E-state index < -0.39 is 7.12 Å². The molecule has 9 heteroatoms. The summed E-state index contributed by atoms with van der Waals surface area (Å²) in [5, 5.41) is 1.00. The van der Waals surface area contributed by atoms with Gasteiger partial charge >= 0.3 is 7.12 Å². The van der Waals surface area contributed by atoms with E-state index in [1.807, 2.05) is 27.7 Å². The second-order valence-electron chi connectivity index (χ2n) is 7.39. The normalized spacial score (nSPS) is 24.8. The van der Waals surface area contributed by atoms with Crippen molar-refractivity contribution in [2.75, 3.05) is 19.0 Å². The van der Waals surface area contributed by atoms with E-state index in [4.69, 9.17) is 20.9 Å². The summed E-state index contributed by atoms with van der Waals surface area (Å²) in [5.41, 5.74) is 0.0501. The maximum absolute atomic E-state index is 11.6. The highest BCUT2D eigenvalue weighted by atomic mass is 35.5. The number of carbonyl (C=O) groups excluding carboxylic acids is 1. The molecule has 0 bridgehead atoms. The molecule has 0 aromatic carbocycles. The monoisotopic (exact) mass is 383 g/mol. The lowest BCUT2D eigenvalue weighted by atomic mass is 9.81. The highest BCUT2D eigenvalue weighted by Crippen LogP contribution is 2.36. The molecule has 1 aromatic heterocycles. The fourth-order valence-corrected chi connectivity index (χ4v) is 3.94. The van der Waals surface area contributed by atoms with Gasteiger partial charge < -0.3 is 14.2 Å². The van der Waals surface area contributed by atoms with Crippen LogP contribution in [0.3, 0.4) is 0 Å². The van der Waals surface area contributed by atoms with Crippen LogP contribution < -0.4 is 5.46 Å². The SMILES string of the molecule is CC1(C)OB(c2cnc(S[C@H]3CCN(C(=O)CCl)C3)nc2)OC1(C)C. The van der Waals surface area contributed by atoms with E-state index in [0.29, 0.717) is 17.0 Å². The molecule has 0 unspecified atom stereocenters. The van der Waals surface area contributed by atoms with Crippen LogP contribution in [-0.4, -0.2) is 63.3 Å². The van der Waals surface area contributed by atoms with Gasteiger partial charge in [0.25, 0.3) is 0 Å². The first-order valence-electron chi connectivity index (χ1n) is 8.40. The maximum atomic E-state index is 11.6. The van der Waals surface area contributed by atoms with Gasteiger partial charge in [-0.1, -0.05) is 11.8 Å². The molecule has 3 rings (SSSR count). The quantitative estimate of drug-likeness (QED) is 0.448. The second-order valence-corrected chi connectivity index (χ2v) is 8.92. The average molecular weight is 384 g/mol. The highest BCUT2D eigenvalue weighted by molar-refractivity contribution is 7.99. The Balaban J connectivity index is 1.60. The molecule has 1 amide bonds. The van der Waals surface area contributed by atoms with Crippen molar-refractivity contribution < 1.29 is 14.1 Å². The molecule has 1 aromatic rings. The number of aromatic nitrogens is 2. The second kappa shape index (κ2) is 7.06. The summed E-state index contributed by atoms with van der Waals surface area (Å²) in [5.74, 6) is 0.0261. The van der Waals surface area contributed by atoms with Crippen molar-refractivity contribution in [2.24, 2.45) is 0 Å². The predicted octanol–water partition coefficient (Wildman–Crippen LogP) is 1.71. The van der Waals surface area contributed by atoms with Gasteiger partial charge in [0.15, 0.2) is 5.16 Å². The van der Waals surface area contributed by atoms with Crippen molar-refractivity contribution in [3.8, 4) is 0 Å². The van der Waals surface area contributed by atoms with Gasteiger partial charge in [-0.05, 0) is 34.1 Å². The number of nitrogens with zero attached hydrogens (tertiary/aromatic N) is 3. The summed E-state index contributed by atoms with van der Waals surface area (Å²) in [7, 11) is -0.452. The molecule has 0 spiro atoms. The van der Waals surface area contributed by atoms with Gasteiger partial charge in [0, 0.05) is 36.2 Å². The summed E-state index contributed by atoms with van der Waals surface area (Å²) in [6.45, 7) is 9.52. The van der Waals surface area contributed by atoms with Crippen LogP contribution in [0.25, 0.3) is 0 Å². The molecule has 2 fully saturated rings. The Morgan fingerprint density at radius 3 is 2.48 bits per heavy atom. The highest BCUT2D eigenvalue weighted by Gasteiger charge is 2.51. The Kier molecular flexibility index (Phi) is 5.35. The average Bonchev–Trinajstić information content (AvgIpc) is 3.10. The molecular formula is C16H23BClN3O3S.